The number of anilines is 1. The first-order chi connectivity index (χ1) is 9.91. The highest BCUT2D eigenvalue weighted by molar-refractivity contribution is 9.10. The fourth-order valence-electron chi connectivity index (χ4n) is 3.19. The Balaban J connectivity index is 2.22. The summed E-state index contributed by atoms with van der Waals surface area (Å²) in [6.45, 7) is 4.49. The van der Waals surface area contributed by atoms with Gasteiger partial charge in [0.05, 0.1) is 10.2 Å². The lowest BCUT2D eigenvalue weighted by molar-refractivity contribution is 0.253. The number of rotatable bonds is 4. The van der Waals surface area contributed by atoms with Crippen LogP contribution >= 0.6 is 28.1 Å². The maximum atomic E-state index is 14.5. The fourth-order valence-corrected chi connectivity index (χ4v) is 4.05. The zero-order chi connectivity index (χ0) is 15.6. The average Bonchev–Trinajstić information content (AvgIpc) is 2.44. The molecular weight excluding hydrogens is 351 g/mol. The lowest BCUT2D eigenvalue weighted by Gasteiger charge is -2.35. The normalized spacial score (nSPS) is 22.3. The third kappa shape index (κ3) is 3.75. The Kier molecular flexibility index (Phi) is 5.60. The molecule has 0 radical (unpaired) electrons. The standard InChI is InChI=1S/C16H22BrFN2S/c1-9(2)10-5-3-4-6-12(10)20-13-8-7-11(16(19)21)14(17)15(13)18/h7-10,12,20H,3-6H2,1-2H3,(H2,19,21). The topological polar surface area (TPSA) is 38.0 Å². The third-order valence-electron chi connectivity index (χ3n) is 4.36. The van der Waals surface area contributed by atoms with Crippen molar-refractivity contribution in [1.82, 2.24) is 0 Å². The van der Waals surface area contributed by atoms with Crippen LogP contribution < -0.4 is 11.1 Å². The number of halogens is 2. The molecule has 1 aromatic rings. The molecule has 2 nitrogen and oxygen atoms in total. The Bertz CT molecular complexity index is 533. The Morgan fingerprint density at radius 2 is 2.05 bits per heavy atom. The summed E-state index contributed by atoms with van der Waals surface area (Å²) in [5.41, 5.74) is 6.66. The van der Waals surface area contributed by atoms with Crippen LogP contribution in [0.25, 0.3) is 0 Å². The SMILES string of the molecule is CC(C)C1CCCCC1Nc1ccc(C(N)=S)c(Br)c1F. The van der Waals surface area contributed by atoms with Gasteiger partial charge in [-0.05, 0) is 52.7 Å². The van der Waals surface area contributed by atoms with Crippen LogP contribution in [0.3, 0.4) is 0 Å². The fraction of sp³-hybridized carbons (Fsp3) is 0.562. The van der Waals surface area contributed by atoms with Gasteiger partial charge in [-0.25, -0.2) is 4.39 Å². The second-order valence-electron chi connectivity index (χ2n) is 6.10. The summed E-state index contributed by atoms with van der Waals surface area (Å²) in [5.74, 6) is 0.880. The molecule has 0 aromatic heterocycles. The molecule has 1 fully saturated rings. The minimum atomic E-state index is -0.312. The number of benzene rings is 1. The molecule has 0 bridgehead atoms. The van der Waals surface area contributed by atoms with Gasteiger partial charge < -0.3 is 11.1 Å². The molecule has 0 saturated heterocycles. The Hall–Kier alpha value is -0.680. The van der Waals surface area contributed by atoms with Crippen LogP contribution in [0.2, 0.25) is 0 Å². The van der Waals surface area contributed by atoms with Crippen molar-refractivity contribution >= 4 is 38.8 Å². The minimum absolute atomic E-state index is 0.199. The van der Waals surface area contributed by atoms with Crippen molar-refractivity contribution in [3.05, 3.63) is 28.0 Å². The van der Waals surface area contributed by atoms with E-state index in [4.69, 9.17) is 18.0 Å². The van der Waals surface area contributed by atoms with E-state index in [1.807, 2.05) is 0 Å². The van der Waals surface area contributed by atoms with Gasteiger partial charge in [0.1, 0.15) is 4.99 Å². The molecule has 0 heterocycles. The molecule has 0 aliphatic heterocycles. The molecule has 1 aromatic carbocycles. The van der Waals surface area contributed by atoms with Gasteiger partial charge >= 0.3 is 0 Å². The van der Waals surface area contributed by atoms with Crippen LogP contribution in [-0.4, -0.2) is 11.0 Å². The van der Waals surface area contributed by atoms with E-state index in [1.165, 1.54) is 19.3 Å². The summed E-state index contributed by atoms with van der Waals surface area (Å²) in [4.78, 5) is 0.199. The van der Waals surface area contributed by atoms with Gasteiger partial charge in [0.25, 0.3) is 0 Å². The van der Waals surface area contributed by atoms with Crippen LogP contribution in [0.5, 0.6) is 0 Å². The molecule has 2 rings (SSSR count). The summed E-state index contributed by atoms with van der Waals surface area (Å²) in [5, 5.41) is 3.40. The van der Waals surface area contributed by atoms with E-state index >= 15 is 0 Å². The number of nitrogens with one attached hydrogen (secondary N) is 1. The molecule has 2 unspecified atom stereocenters. The van der Waals surface area contributed by atoms with E-state index in [1.54, 1.807) is 12.1 Å². The lowest BCUT2D eigenvalue weighted by Crippen LogP contribution is -2.35. The molecule has 0 spiro atoms. The number of hydrogen-bond acceptors (Lipinski definition) is 2. The van der Waals surface area contributed by atoms with E-state index in [0.29, 0.717) is 33.6 Å². The van der Waals surface area contributed by atoms with Gasteiger partial charge in [-0.2, -0.15) is 0 Å². The molecule has 0 amide bonds. The Morgan fingerprint density at radius 1 is 1.38 bits per heavy atom. The van der Waals surface area contributed by atoms with Gasteiger partial charge in [0, 0.05) is 11.6 Å². The van der Waals surface area contributed by atoms with Crippen LogP contribution in [0, 0.1) is 17.7 Å². The number of hydrogen-bond donors (Lipinski definition) is 2. The summed E-state index contributed by atoms with van der Waals surface area (Å²) < 4.78 is 14.8. The smallest absolute Gasteiger partial charge is 0.161 e. The van der Waals surface area contributed by atoms with E-state index in [-0.39, 0.29) is 10.8 Å². The van der Waals surface area contributed by atoms with Gasteiger partial charge in [-0.3, -0.25) is 0 Å². The maximum absolute atomic E-state index is 14.5. The second-order valence-corrected chi connectivity index (χ2v) is 7.33. The zero-order valence-corrected chi connectivity index (χ0v) is 14.9. The highest BCUT2D eigenvalue weighted by Crippen LogP contribution is 2.34. The van der Waals surface area contributed by atoms with E-state index < -0.39 is 0 Å². The van der Waals surface area contributed by atoms with Gasteiger partial charge in [0.2, 0.25) is 0 Å². The molecule has 1 aliphatic carbocycles. The lowest BCUT2D eigenvalue weighted by atomic mass is 9.78. The summed E-state index contributed by atoms with van der Waals surface area (Å²) in [6.07, 6.45) is 4.78. The molecule has 2 atom stereocenters. The largest absolute Gasteiger partial charge is 0.389 e. The number of thiocarbonyl (C=S) groups is 1. The van der Waals surface area contributed by atoms with Gasteiger partial charge in [0.15, 0.2) is 5.82 Å². The monoisotopic (exact) mass is 372 g/mol. The van der Waals surface area contributed by atoms with Gasteiger partial charge in [-0.1, -0.05) is 38.9 Å². The summed E-state index contributed by atoms with van der Waals surface area (Å²) in [7, 11) is 0. The predicted molar refractivity (Wildman–Crippen MR) is 94.2 cm³/mol. The average molecular weight is 373 g/mol. The molecule has 21 heavy (non-hydrogen) atoms. The van der Waals surface area contributed by atoms with Crippen molar-refractivity contribution in [3.8, 4) is 0 Å². The molecule has 5 heteroatoms. The first-order valence-corrected chi connectivity index (χ1v) is 8.66. The summed E-state index contributed by atoms with van der Waals surface area (Å²) in [6, 6.07) is 3.84. The van der Waals surface area contributed by atoms with E-state index in [0.717, 1.165) is 6.42 Å². The first-order valence-electron chi connectivity index (χ1n) is 7.46. The quantitative estimate of drug-likeness (QED) is 0.741. The third-order valence-corrected chi connectivity index (χ3v) is 5.36. The van der Waals surface area contributed by atoms with E-state index in [2.05, 4.69) is 35.1 Å². The first kappa shape index (κ1) is 16.7. The highest BCUT2D eigenvalue weighted by atomic mass is 79.9. The Morgan fingerprint density at radius 3 is 2.67 bits per heavy atom. The summed E-state index contributed by atoms with van der Waals surface area (Å²) >= 11 is 8.19. The van der Waals surface area contributed by atoms with Crippen molar-refractivity contribution in [3.63, 3.8) is 0 Å². The molecule has 1 aliphatic rings. The molecular formula is C16H22BrFN2S. The van der Waals surface area contributed by atoms with Crippen molar-refractivity contribution in [2.45, 2.75) is 45.6 Å². The molecule has 3 N–H and O–H groups in total. The number of nitrogens with two attached hydrogens (primary N) is 1. The van der Waals surface area contributed by atoms with Crippen molar-refractivity contribution in [2.24, 2.45) is 17.6 Å². The highest BCUT2D eigenvalue weighted by Gasteiger charge is 2.28. The predicted octanol–water partition coefficient (Wildman–Crippen LogP) is 4.85. The molecule has 1 saturated carbocycles. The molecule has 116 valence electrons. The second kappa shape index (κ2) is 7.05. The van der Waals surface area contributed by atoms with Crippen LogP contribution in [0.1, 0.15) is 45.1 Å². The van der Waals surface area contributed by atoms with Crippen molar-refractivity contribution < 1.29 is 4.39 Å². The van der Waals surface area contributed by atoms with Gasteiger partial charge in [-0.15, -0.1) is 0 Å². The maximum Gasteiger partial charge on any atom is 0.161 e. The Labute approximate surface area is 139 Å². The zero-order valence-electron chi connectivity index (χ0n) is 12.5. The minimum Gasteiger partial charge on any atom is -0.389 e. The van der Waals surface area contributed by atoms with Crippen LogP contribution in [0.15, 0.2) is 16.6 Å². The van der Waals surface area contributed by atoms with Crippen LogP contribution in [0.4, 0.5) is 10.1 Å². The van der Waals surface area contributed by atoms with Crippen molar-refractivity contribution in [1.29, 1.82) is 0 Å². The van der Waals surface area contributed by atoms with Crippen LogP contribution in [-0.2, 0) is 0 Å². The van der Waals surface area contributed by atoms with Crippen molar-refractivity contribution in [2.75, 3.05) is 5.32 Å². The van der Waals surface area contributed by atoms with E-state index in [9.17, 15) is 4.39 Å².